The number of carbonyl (C=O) groups excluding carboxylic acids is 3. The van der Waals surface area contributed by atoms with Crippen LogP contribution in [-0.2, 0) is 14.4 Å². The highest BCUT2D eigenvalue weighted by atomic mass is 16.5. The van der Waals surface area contributed by atoms with E-state index < -0.39 is 23.7 Å². The number of ether oxygens (including phenoxy) is 2. The second kappa shape index (κ2) is 10.5. The average molecular weight is 466 g/mol. The number of aryl methyl sites for hydroxylation is 1. The number of hydrogen-bond acceptors (Lipinski definition) is 6. The summed E-state index contributed by atoms with van der Waals surface area (Å²) in [5.74, 6) is -0.616. The van der Waals surface area contributed by atoms with Crippen molar-refractivity contribution in [3.63, 3.8) is 0 Å². The van der Waals surface area contributed by atoms with Gasteiger partial charge < -0.3 is 19.5 Å². The molecular formula is C27H31NO6. The summed E-state index contributed by atoms with van der Waals surface area (Å²) in [6.45, 7) is 10.1. The normalized spacial score (nSPS) is 17.4. The minimum atomic E-state index is -0.747. The van der Waals surface area contributed by atoms with Gasteiger partial charge in [-0.05, 0) is 60.7 Å². The molecule has 1 amide bonds. The topological polar surface area (TPSA) is 93.1 Å². The van der Waals surface area contributed by atoms with Crippen LogP contribution in [0.1, 0.15) is 56.8 Å². The minimum absolute atomic E-state index is 0.0361. The van der Waals surface area contributed by atoms with Crippen LogP contribution in [0.3, 0.4) is 0 Å². The van der Waals surface area contributed by atoms with Crippen molar-refractivity contribution in [2.75, 3.05) is 13.2 Å². The largest absolute Gasteiger partial charge is 0.507 e. The molecule has 180 valence electrons. The van der Waals surface area contributed by atoms with Gasteiger partial charge in [-0.15, -0.1) is 0 Å². The molecule has 1 N–H and O–H groups in total. The summed E-state index contributed by atoms with van der Waals surface area (Å²) in [5, 5.41) is 11.2. The Balaban J connectivity index is 2.05. The summed E-state index contributed by atoms with van der Waals surface area (Å²) < 4.78 is 10.9. The Kier molecular flexibility index (Phi) is 7.76. The predicted octanol–water partition coefficient (Wildman–Crippen LogP) is 4.79. The smallest absolute Gasteiger partial charge is 0.308 e. The standard InChI is InChI=1S/C27H31NO6/c1-6-13-28-24(19-7-10-21(11-8-19)34-18(5)29)23(26(31)27(28)32)25(30)20-9-12-22(17(4)14-20)33-15-16(2)3/h7-12,14,16,24,30H,6,13,15H2,1-5H3/b25-23-. The molecule has 1 unspecified atom stereocenters. The number of Topliss-reactive ketones (excluding diaryl/α,β-unsaturated/α-hetero) is 1. The van der Waals surface area contributed by atoms with Gasteiger partial charge in [-0.25, -0.2) is 0 Å². The zero-order valence-electron chi connectivity index (χ0n) is 20.3. The number of carbonyl (C=O) groups is 3. The maximum Gasteiger partial charge on any atom is 0.308 e. The second-order valence-corrected chi connectivity index (χ2v) is 8.84. The first-order valence-corrected chi connectivity index (χ1v) is 11.4. The van der Waals surface area contributed by atoms with Crippen molar-refractivity contribution < 1.29 is 29.0 Å². The van der Waals surface area contributed by atoms with E-state index in [0.29, 0.717) is 48.1 Å². The lowest BCUT2D eigenvalue weighted by Crippen LogP contribution is -2.30. The van der Waals surface area contributed by atoms with Crippen LogP contribution in [0, 0.1) is 12.8 Å². The van der Waals surface area contributed by atoms with Crippen molar-refractivity contribution in [3.8, 4) is 11.5 Å². The first-order valence-electron chi connectivity index (χ1n) is 11.4. The SMILES string of the molecule is CCCN1C(=O)C(=O)/C(=C(\O)c2ccc(OCC(C)C)c(C)c2)C1c1ccc(OC(C)=O)cc1. The van der Waals surface area contributed by atoms with E-state index in [1.54, 1.807) is 42.5 Å². The number of aliphatic hydroxyl groups is 1. The highest BCUT2D eigenvalue weighted by molar-refractivity contribution is 6.46. The Morgan fingerprint density at radius 1 is 1.12 bits per heavy atom. The third-order valence-electron chi connectivity index (χ3n) is 5.48. The molecule has 0 aliphatic carbocycles. The third-order valence-corrected chi connectivity index (χ3v) is 5.48. The van der Waals surface area contributed by atoms with Crippen molar-refractivity contribution >= 4 is 23.4 Å². The van der Waals surface area contributed by atoms with Crippen molar-refractivity contribution in [2.24, 2.45) is 5.92 Å². The van der Waals surface area contributed by atoms with Gasteiger partial charge in [-0.2, -0.15) is 0 Å². The molecule has 1 aliphatic rings. The van der Waals surface area contributed by atoms with Crippen LogP contribution in [0.15, 0.2) is 48.0 Å². The first-order chi connectivity index (χ1) is 16.1. The molecule has 1 fully saturated rings. The van der Waals surface area contributed by atoms with E-state index in [0.717, 1.165) is 5.56 Å². The molecule has 2 aromatic rings. The lowest BCUT2D eigenvalue weighted by molar-refractivity contribution is -0.139. The monoisotopic (exact) mass is 465 g/mol. The molecular weight excluding hydrogens is 434 g/mol. The van der Waals surface area contributed by atoms with Gasteiger partial charge in [0.15, 0.2) is 0 Å². The average Bonchev–Trinajstić information content (AvgIpc) is 3.03. The maximum atomic E-state index is 13.0. The number of esters is 1. The molecule has 0 saturated carbocycles. The van der Waals surface area contributed by atoms with Gasteiger partial charge in [0, 0.05) is 19.0 Å². The van der Waals surface area contributed by atoms with Gasteiger partial charge in [0.25, 0.3) is 11.7 Å². The van der Waals surface area contributed by atoms with Crippen LogP contribution < -0.4 is 9.47 Å². The number of hydrogen-bond donors (Lipinski definition) is 1. The van der Waals surface area contributed by atoms with E-state index in [2.05, 4.69) is 13.8 Å². The Labute approximate surface area is 200 Å². The lowest BCUT2D eigenvalue weighted by Gasteiger charge is -2.25. The number of nitrogens with zero attached hydrogens (tertiary/aromatic N) is 1. The van der Waals surface area contributed by atoms with Crippen molar-refractivity contribution in [3.05, 3.63) is 64.7 Å². The van der Waals surface area contributed by atoms with E-state index in [1.165, 1.54) is 11.8 Å². The summed E-state index contributed by atoms with van der Waals surface area (Å²) in [7, 11) is 0. The number of benzene rings is 2. The quantitative estimate of drug-likeness (QED) is 0.198. The van der Waals surface area contributed by atoms with E-state index in [-0.39, 0.29) is 11.3 Å². The van der Waals surface area contributed by atoms with Crippen LogP contribution in [0.25, 0.3) is 5.76 Å². The minimum Gasteiger partial charge on any atom is -0.507 e. The molecule has 1 aliphatic heterocycles. The summed E-state index contributed by atoms with van der Waals surface area (Å²) in [5.41, 5.74) is 1.92. The summed E-state index contributed by atoms with van der Waals surface area (Å²) in [4.78, 5) is 38.6. The van der Waals surface area contributed by atoms with Gasteiger partial charge in [0.2, 0.25) is 0 Å². The Morgan fingerprint density at radius 2 is 1.79 bits per heavy atom. The molecule has 7 heteroatoms. The molecule has 0 bridgehead atoms. The number of likely N-dealkylation sites (tertiary alicyclic amines) is 1. The number of amides is 1. The van der Waals surface area contributed by atoms with Crippen LogP contribution in [-0.4, -0.2) is 40.8 Å². The molecule has 1 heterocycles. The van der Waals surface area contributed by atoms with Crippen molar-refractivity contribution in [2.45, 2.75) is 47.1 Å². The van der Waals surface area contributed by atoms with E-state index in [4.69, 9.17) is 9.47 Å². The van der Waals surface area contributed by atoms with E-state index >= 15 is 0 Å². The van der Waals surface area contributed by atoms with Gasteiger partial charge in [0.05, 0.1) is 18.2 Å². The summed E-state index contributed by atoms with van der Waals surface area (Å²) in [6.07, 6.45) is 0.649. The van der Waals surface area contributed by atoms with Gasteiger partial charge in [-0.3, -0.25) is 14.4 Å². The second-order valence-electron chi connectivity index (χ2n) is 8.84. The predicted molar refractivity (Wildman–Crippen MR) is 129 cm³/mol. The molecule has 1 atom stereocenters. The van der Waals surface area contributed by atoms with Gasteiger partial charge in [0.1, 0.15) is 17.3 Å². The summed E-state index contributed by atoms with van der Waals surface area (Å²) in [6, 6.07) is 11.0. The molecule has 0 spiro atoms. The highest BCUT2D eigenvalue weighted by Gasteiger charge is 2.45. The highest BCUT2D eigenvalue weighted by Crippen LogP contribution is 2.40. The zero-order valence-corrected chi connectivity index (χ0v) is 20.3. The number of ketones is 1. The molecule has 34 heavy (non-hydrogen) atoms. The van der Waals surface area contributed by atoms with Crippen molar-refractivity contribution in [1.29, 1.82) is 0 Å². The van der Waals surface area contributed by atoms with Crippen molar-refractivity contribution in [1.82, 2.24) is 4.90 Å². The molecule has 1 saturated heterocycles. The molecule has 0 radical (unpaired) electrons. The van der Waals surface area contributed by atoms with Gasteiger partial charge >= 0.3 is 5.97 Å². The third kappa shape index (κ3) is 5.30. The number of aliphatic hydroxyl groups excluding tert-OH is 1. The zero-order chi connectivity index (χ0) is 25.0. The van der Waals surface area contributed by atoms with Crippen LogP contribution in [0.5, 0.6) is 11.5 Å². The van der Waals surface area contributed by atoms with Crippen LogP contribution >= 0.6 is 0 Å². The molecule has 2 aromatic carbocycles. The Hall–Kier alpha value is -3.61. The molecule has 7 nitrogen and oxygen atoms in total. The van der Waals surface area contributed by atoms with Crippen LogP contribution in [0.4, 0.5) is 0 Å². The van der Waals surface area contributed by atoms with Gasteiger partial charge in [-0.1, -0.05) is 32.9 Å². The fraction of sp³-hybridized carbons (Fsp3) is 0.370. The molecule has 3 rings (SSSR count). The first kappa shape index (κ1) is 25.0. The van der Waals surface area contributed by atoms with E-state index in [9.17, 15) is 19.5 Å². The number of rotatable bonds is 8. The molecule has 0 aromatic heterocycles. The fourth-order valence-electron chi connectivity index (χ4n) is 3.95. The Bertz CT molecular complexity index is 1120. The maximum absolute atomic E-state index is 13.0. The Morgan fingerprint density at radius 3 is 2.35 bits per heavy atom. The lowest BCUT2D eigenvalue weighted by atomic mass is 9.94. The van der Waals surface area contributed by atoms with Crippen LogP contribution in [0.2, 0.25) is 0 Å². The fourth-order valence-corrected chi connectivity index (χ4v) is 3.95. The van der Waals surface area contributed by atoms with E-state index in [1.807, 2.05) is 13.8 Å². The summed E-state index contributed by atoms with van der Waals surface area (Å²) >= 11 is 0.